The first kappa shape index (κ1) is 25.8. The lowest BCUT2D eigenvalue weighted by atomic mass is 9.92. The van der Waals surface area contributed by atoms with E-state index in [4.69, 9.17) is 10.3 Å². The molecule has 2 rings (SSSR count). The highest BCUT2D eigenvalue weighted by atomic mass is 16.5. The number of rotatable bonds is 11. The van der Waals surface area contributed by atoms with Gasteiger partial charge in [-0.3, -0.25) is 24.4 Å². The van der Waals surface area contributed by atoms with E-state index in [9.17, 15) is 19.2 Å². The number of hydrogen-bond donors (Lipinski definition) is 5. The van der Waals surface area contributed by atoms with Gasteiger partial charge in [-0.25, -0.2) is 5.48 Å². The van der Waals surface area contributed by atoms with Gasteiger partial charge < -0.3 is 15.7 Å². The zero-order valence-electron chi connectivity index (χ0n) is 19.0. The van der Waals surface area contributed by atoms with Crippen LogP contribution in [0.3, 0.4) is 0 Å². The molecule has 0 heterocycles. The van der Waals surface area contributed by atoms with Gasteiger partial charge in [0.2, 0.25) is 17.7 Å². The van der Waals surface area contributed by atoms with Gasteiger partial charge in [0.15, 0.2) is 0 Å². The van der Waals surface area contributed by atoms with E-state index >= 15 is 0 Å². The molecule has 5 N–H and O–H groups in total. The molecule has 0 aliphatic heterocycles. The highest BCUT2D eigenvalue weighted by Gasteiger charge is 2.29. The summed E-state index contributed by atoms with van der Waals surface area (Å²) in [6, 6.07) is 11.2. The van der Waals surface area contributed by atoms with Crippen LogP contribution in [0.1, 0.15) is 39.2 Å². The highest BCUT2D eigenvalue weighted by Crippen LogP contribution is 2.19. The normalized spacial score (nSPS) is 13.7. The number of nitrogens with one attached hydrogen (secondary N) is 3. The Morgan fingerprint density at radius 2 is 1.58 bits per heavy atom. The quantitative estimate of drug-likeness (QED) is 0.258. The number of carboxylic acids is 1. The molecule has 3 amide bonds. The smallest absolute Gasteiger partial charge is 0.325 e. The van der Waals surface area contributed by atoms with E-state index in [1.807, 2.05) is 56.3 Å². The first-order chi connectivity index (χ1) is 15.6. The van der Waals surface area contributed by atoms with E-state index in [1.54, 1.807) is 0 Å². The number of amides is 3. The summed E-state index contributed by atoms with van der Waals surface area (Å²) in [6.45, 7) is 5.12. The predicted molar refractivity (Wildman–Crippen MR) is 122 cm³/mol. The topological polar surface area (TPSA) is 145 Å². The van der Waals surface area contributed by atoms with Crippen molar-refractivity contribution >= 4 is 34.5 Å². The summed E-state index contributed by atoms with van der Waals surface area (Å²) in [6.07, 6.45) is 0.265. The SMILES string of the molecule is CC(C)CC(CC(=O)NO)C(=O)N[C@@H](Cc1ccc2ccccc2c1)C(=O)N[C@@H](C)C(=O)O. The van der Waals surface area contributed by atoms with Crippen molar-refractivity contribution in [2.75, 3.05) is 0 Å². The Kier molecular flexibility index (Phi) is 9.35. The number of aliphatic carboxylic acids is 1. The second-order valence-electron chi connectivity index (χ2n) is 8.58. The summed E-state index contributed by atoms with van der Waals surface area (Å²) in [7, 11) is 0. The van der Waals surface area contributed by atoms with Gasteiger partial charge in [-0.05, 0) is 35.6 Å². The fourth-order valence-electron chi connectivity index (χ4n) is 3.60. The number of fused-ring (bicyclic) bond motifs is 1. The lowest BCUT2D eigenvalue weighted by Crippen LogP contribution is -2.53. The molecule has 0 aromatic heterocycles. The number of carbonyl (C=O) groups is 4. The van der Waals surface area contributed by atoms with Crippen LogP contribution in [-0.4, -0.2) is 46.1 Å². The fourth-order valence-corrected chi connectivity index (χ4v) is 3.60. The van der Waals surface area contributed by atoms with E-state index in [2.05, 4.69) is 10.6 Å². The minimum absolute atomic E-state index is 0.0899. The number of carboxylic acid groups (broad SMARTS) is 1. The molecule has 33 heavy (non-hydrogen) atoms. The van der Waals surface area contributed by atoms with Gasteiger partial charge in [0, 0.05) is 18.8 Å². The number of benzene rings is 2. The van der Waals surface area contributed by atoms with Gasteiger partial charge in [-0.1, -0.05) is 56.3 Å². The maximum Gasteiger partial charge on any atom is 0.325 e. The van der Waals surface area contributed by atoms with Crippen LogP contribution in [0, 0.1) is 11.8 Å². The largest absolute Gasteiger partial charge is 0.480 e. The summed E-state index contributed by atoms with van der Waals surface area (Å²) < 4.78 is 0. The number of hydroxylamine groups is 1. The van der Waals surface area contributed by atoms with Crippen molar-refractivity contribution in [1.29, 1.82) is 0 Å². The van der Waals surface area contributed by atoms with Crippen LogP contribution in [0.25, 0.3) is 10.8 Å². The molecule has 0 fully saturated rings. The van der Waals surface area contributed by atoms with Gasteiger partial charge in [-0.15, -0.1) is 0 Å². The average molecular weight is 458 g/mol. The summed E-state index contributed by atoms with van der Waals surface area (Å²) in [5.41, 5.74) is 2.31. The van der Waals surface area contributed by atoms with Gasteiger partial charge in [0.25, 0.3) is 0 Å². The van der Waals surface area contributed by atoms with Gasteiger partial charge in [0.05, 0.1) is 0 Å². The second-order valence-corrected chi connectivity index (χ2v) is 8.58. The maximum atomic E-state index is 13.0. The molecule has 0 aliphatic rings. The van der Waals surface area contributed by atoms with E-state index in [0.717, 1.165) is 16.3 Å². The van der Waals surface area contributed by atoms with Crippen molar-refractivity contribution < 1.29 is 29.5 Å². The lowest BCUT2D eigenvalue weighted by molar-refractivity contribution is -0.142. The van der Waals surface area contributed by atoms with Crippen LogP contribution in [0.2, 0.25) is 0 Å². The first-order valence-electron chi connectivity index (χ1n) is 10.8. The Morgan fingerprint density at radius 1 is 0.909 bits per heavy atom. The summed E-state index contributed by atoms with van der Waals surface area (Å²) >= 11 is 0. The Hall–Kier alpha value is -3.46. The standard InChI is InChI=1S/C24H31N3O6/c1-14(2)10-19(13-21(28)27-33)22(29)26-20(23(30)25-15(3)24(31)32)12-16-8-9-17-6-4-5-7-18(17)11-16/h4-9,11,14-15,19-20,33H,10,12-13H2,1-3H3,(H,25,30)(H,26,29)(H,27,28)(H,31,32)/t15-,19?,20-/m0/s1. The highest BCUT2D eigenvalue weighted by molar-refractivity contribution is 5.92. The lowest BCUT2D eigenvalue weighted by Gasteiger charge is -2.24. The molecule has 0 aliphatic carbocycles. The number of carbonyl (C=O) groups excluding carboxylic acids is 3. The van der Waals surface area contributed by atoms with Crippen LogP contribution in [-0.2, 0) is 25.6 Å². The first-order valence-corrected chi connectivity index (χ1v) is 10.8. The van der Waals surface area contributed by atoms with E-state index < -0.39 is 41.7 Å². The minimum Gasteiger partial charge on any atom is -0.480 e. The Labute approximate surface area is 192 Å². The van der Waals surface area contributed by atoms with Gasteiger partial charge >= 0.3 is 5.97 Å². The molecule has 1 unspecified atom stereocenters. The molecule has 0 radical (unpaired) electrons. The van der Waals surface area contributed by atoms with E-state index in [1.165, 1.54) is 12.4 Å². The molecular formula is C24H31N3O6. The molecule has 2 aromatic carbocycles. The van der Waals surface area contributed by atoms with Crippen molar-refractivity contribution in [1.82, 2.24) is 16.1 Å². The fraction of sp³-hybridized carbons (Fsp3) is 0.417. The average Bonchev–Trinajstić information content (AvgIpc) is 2.77. The van der Waals surface area contributed by atoms with E-state index in [-0.39, 0.29) is 18.8 Å². The van der Waals surface area contributed by atoms with Crippen LogP contribution in [0.5, 0.6) is 0 Å². The maximum absolute atomic E-state index is 13.0. The Morgan fingerprint density at radius 3 is 2.18 bits per heavy atom. The molecule has 9 nitrogen and oxygen atoms in total. The van der Waals surface area contributed by atoms with Crippen molar-refractivity contribution in [2.24, 2.45) is 11.8 Å². The van der Waals surface area contributed by atoms with Crippen LogP contribution in [0.15, 0.2) is 42.5 Å². The molecule has 2 aromatic rings. The Balaban J connectivity index is 2.27. The van der Waals surface area contributed by atoms with Crippen molar-refractivity contribution in [3.63, 3.8) is 0 Å². The molecule has 0 spiro atoms. The third kappa shape index (κ3) is 7.87. The molecule has 0 saturated heterocycles. The van der Waals surface area contributed by atoms with Gasteiger partial charge in [0.1, 0.15) is 12.1 Å². The summed E-state index contributed by atoms with van der Waals surface area (Å²) in [5, 5.41) is 25.1. The monoisotopic (exact) mass is 457 g/mol. The second kappa shape index (κ2) is 12.0. The molecule has 178 valence electrons. The third-order valence-corrected chi connectivity index (χ3v) is 5.30. The molecule has 3 atom stereocenters. The van der Waals surface area contributed by atoms with Crippen LogP contribution in [0.4, 0.5) is 0 Å². The Bertz CT molecular complexity index is 1010. The molecule has 9 heteroatoms. The van der Waals surface area contributed by atoms with Crippen molar-refractivity contribution in [3.8, 4) is 0 Å². The third-order valence-electron chi connectivity index (χ3n) is 5.30. The number of hydrogen-bond acceptors (Lipinski definition) is 5. The van der Waals surface area contributed by atoms with Crippen LogP contribution >= 0.6 is 0 Å². The minimum atomic E-state index is -1.20. The van der Waals surface area contributed by atoms with Crippen molar-refractivity contribution in [3.05, 3.63) is 48.0 Å². The summed E-state index contributed by atoms with van der Waals surface area (Å²) in [4.78, 5) is 48.8. The summed E-state index contributed by atoms with van der Waals surface area (Å²) in [5.74, 6) is -3.73. The predicted octanol–water partition coefficient (Wildman–Crippen LogP) is 2.01. The van der Waals surface area contributed by atoms with Gasteiger partial charge in [-0.2, -0.15) is 0 Å². The molecule has 0 saturated carbocycles. The van der Waals surface area contributed by atoms with Crippen molar-refractivity contribution in [2.45, 2.75) is 52.1 Å². The molecular weight excluding hydrogens is 426 g/mol. The van der Waals surface area contributed by atoms with Crippen LogP contribution < -0.4 is 16.1 Å². The molecule has 0 bridgehead atoms. The zero-order chi connectivity index (χ0) is 24.5. The zero-order valence-corrected chi connectivity index (χ0v) is 19.0. The van der Waals surface area contributed by atoms with E-state index in [0.29, 0.717) is 6.42 Å².